The molecule has 1 atom stereocenters. The second-order valence-electron chi connectivity index (χ2n) is 9.60. The minimum Gasteiger partial charge on any atom is -0.393 e. The van der Waals surface area contributed by atoms with E-state index in [4.69, 9.17) is 0 Å². The van der Waals surface area contributed by atoms with Gasteiger partial charge in [0.2, 0.25) is 15.0 Å². The number of rotatable bonds is 3. The number of urea groups is 1. The third kappa shape index (κ3) is 4.31. The van der Waals surface area contributed by atoms with E-state index in [-0.39, 0.29) is 43.9 Å². The summed E-state index contributed by atoms with van der Waals surface area (Å²) in [5, 5.41) is 9.45. The highest BCUT2D eigenvalue weighted by molar-refractivity contribution is 7.90. The van der Waals surface area contributed by atoms with Crippen molar-refractivity contribution in [3.8, 4) is 0 Å². The van der Waals surface area contributed by atoms with E-state index in [9.17, 15) is 36.3 Å². The topological polar surface area (TPSA) is 124 Å². The number of nitrogens with zero attached hydrogens (tertiary/aromatic N) is 5. The van der Waals surface area contributed by atoms with Gasteiger partial charge in [0, 0.05) is 30.6 Å². The van der Waals surface area contributed by atoms with Crippen molar-refractivity contribution in [2.24, 2.45) is 0 Å². The Balaban J connectivity index is 1.58. The third-order valence-electron chi connectivity index (χ3n) is 7.01. The number of para-hydroxylation sites is 1. The zero-order chi connectivity index (χ0) is 26.9. The summed E-state index contributed by atoms with van der Waals surface area (Å²) in [6, 6.07) is 3.27. The molecule has 1 aromatic carbocycles. The summed E-state index contributed by atoms with van der Waals surface area (Å²) in [4.78, 5) is 37.7. The van der Waals surface area contributed by atoms with Gasteiger partial charge in [-0.05, 0) is 37.3 Å². The van der Waals surface area contributed by atoms with Crippen LogP contribution in [-0.2, 0) is 21.2 Å². The predicted octanol–water partition coefficient (Wildman–Crippen LogP) is 2.49. The molecule has 5 rings (SSSR count). The van der Waals surface area contributed by atoms with Gasteiger partial charge in [0.25, 0.3) is 0 Å². The quantitative estimate of drug-likeness (QED) is 0.595. The number of aromatic nitrogens is 2. The van der Waals surface area contributed by atoms with E-state index in [1.165, 1.54) is 16.0 Å². The first-order chi connectivity index (χ1) is 17.3. The molecule has 1 aromatic heterocycles. The van der Waals surface area contributed by atoms with Gasteiger partial charge in [0.05, 0.1) is 24.4 Å². The van der Waals surface area contributed by atoms with E-state index in [1.807, 2.05) is 0 Å². The van der Waals surface area contributed by atoms with Crippen molar-refractivity contribution >= 4 is 33.3 Å². The normalized spacial score (nSPS) is 23.9. The van der Waals surface area contributed by atoms with Crippen molar-refractivity contribution in [1.82, 2.24) is 14.9 Å². The number of fused-ring (bicyclic) bond motifs is 2. The number of alkyl halides is 3. The Labute approximate surface area is 210 Å². The van der Waals surface area contributed by atoms with E-state index in [1.54, 1.807) is 25.1 Å². The molecular weight excluding hydrogens is 515 g/mol. The van der Waals surface area contributed by atoms with E-state index < -0.39 is 51.3 Å². The second-order valence-corrected chi connectivity index (χ2v) is 11.5. The molecule has 0 unspecified atom stereocenters. The van der Waals surface area contributed by atoms with E-state index in [0.717, 1.165) is 6.26 Å². The highest BCUT2D eigenvalue weighted by atomic mass is 32.2. The molecule has 1 saturated carbocycles. The average Bonchev–Trinajstić information content (AvgIpc) is 2.80. The number of halogens is 3. The molecule has 1 aliphatic carbocycles. The smallest absolute Gasteiger partial charge is 0.393 e. The van der Waals surface area contributed by atoms with Gasteiger partial charge in [-0.3, -0.25) is 9.69 Å². The fourth-order valence-electron chi connectivity index (χ4n) is 5.22. The molecule has 0 bridgehead atoms. The summed E-state index contributed by atoms with van der Waals surface area (Å²) < 4.78 is 64.1. The van der Waals surface area contributed by atoms with Crippen LogP contribution in [0.3, 0.4) is 0 Å². The molecule has 1 fully saturated rings. The first-order valence-electron chi connectivity index (χ1n) is 11.6. The van der Waals surface area contributed by atoms with Crippen LogP contribution in [0.2, 0.25) is 0 Å². The Morgan fingerprint density at radius 2 is 1.92 bits per heavy atom. The molecule has 0 radical (unpaired) electrons. The van der Waals surface area contributed by atoms with Gasteiger partial charge < -0.3 is 14.9 Å². The Hall–Kier alpha value is -3.26. The van der Waals surface area contributed by atoms with Crippen LogP contribution in [0.1, 0.15) is 42.0 Å². The molecule has 0 spiro atoms. The van der Waals surface area contributed by atoms with Crippen molar-refractivity contribution < 1.29 is 36.3 Å². The largest absolute Gasteiger partial charge is 0.471 e. The second kappa shape index (κ2) is 8.65. The van der Waals surface area contributed by atoms with Crippen molar-refractivity contribution in [3.63, 3.8) is 0 Å². The van der Waals surface area contributed by atoms with Gasteiger partial charge in [0.15, 0.2) is 0 Å². The van der Waals surface area contributed by atoms with Crippen LogP contribution >= 0.6 is 0 Å². The standard InChI is InChI=1S/C23H24F3N5O5S/c1-12-4-3-5-16-17(6-7-29(18(12)16)20(33)23(24,25)26)30-11-13-10-27-21(37(2,35)36)28-19(13)31(22(30)34)14-8-15(32)9-14/h3-5,10,14-15,17,32H,6-9,11H2,1-2H3/t14?,15?,17-/m0/s1. The summed E-state index contributed by atoms with van der Waals surface area (Å²) in [5.74, 6) is -1.83. The lowest BCUT2D eigenvalue weighted by molar-refractivity contribution is -0.170. The number of hydrogen-bond acceptors (Lipinski definition) is 7. The number of hydrogen-bond donors (Lipinski definition) is 1. The van der Waals surface area contributed by atoms with Gasteiger partial charge in [-0.15, -0.1) is 0 Å². The van der Waals surface area contributed by atoms with Crippen LogP contribution < -0.4 is 9.80 Å². The number of aliphatic hydroxyl groups is 1. The summed E-state index contributed by atoms with van der Waals surface area (Å²) in [5.41, 5.74) is 1.46. The number of sulfone groups is 1. The fraction of sp³-hybridized carbons (Fsp3) is 0.478. The average molecular weight is 540 g/mol. The predicted molar refractivity (Wildman–Crippen MR) is 125 cm³/mol. The summed E-state index contributed by atoms with van der Waals surface area (Å²) in [7, 11) is -3.76. The molecule has 198 valence electrons. The number of carbonyl (C=O) groups is 2. The van der Waals surface area contributed by atoms with Crippen LogP contribution in [0.25, 0.3) is 0 Å². The first-order valence-corrected chi connectivity index (χ1v) is 13.5. The Morgan fingerprint density at radius 1 is 1.22 bits per heavy atom. The zero-order valence-corrected chi connectivity index (χ0v) is 20.8. The summed E-state index contributed by atoms with van der Waals surface area (Å²) in [6.45, 7) is 1.35. The number of benzene rings is 1. The van der Waals surface area contributed by atoms with Crippen LogP contribution in [-0.4, -0.2) is 71.5 Å². The van der Waals surface area contributed by atoms with Crippen molar-refractivity contribution in [1.29, 1.82) is 0 Å². The molecule has 0 saturated heterocycles. The van der Waals surface area contributed by atoms with Gasteiger partial charge in [-0.25, -0.2) is 23.2 Å². The third-order valence-corrected chi connectivity index (χ3v) is 7.87. The molecule has 2 aromatic rings. The number of carbonyl (C=O) groups excluding carboxylic acids is 2. The zero-order valence-electron chi connectivity index (χ0n) is 19.9. The molecule has 3 heterocycles. The van der Waals surface area contributed by atoms with Crippen LogP contribution in [0, 0.1) is 6.92 Å². The molecule has 3 amide bonds. The number of aliphatic hydroxyl groups excluding tert-OH is 1. The van der Waals surface area contributed by atoms with Crippen LogP contribution in [0.4, 0.5) is 29.5 Å². The maximum absolute atomic E-state index is 13.9. The molecule has 10 nitrogen and oxygen atoms in total. The highest BCUT2D eigenvalue weighted by Gasteiger charge is 2.48. The molecule has 1 N–H and O–H groups in total. The lowest BCUT2D eigenvalue weighted by Crippen LogP contribution is -2.58. The van der Waals surface area contributed by atoms with Crippen molar-refractivity contribution in [2.75, 3.05) is 22.6 Å². The van der Waals surface area contributed by atoms with Gasteiger partial charge in [0.1, 0.15) is 5.82 Å². The van der Waals surface area contributed by atoms with E-state index >= 15 is 0 Å². The van der Waals surface area contributed by atoms with E-state index in [2.05, 4.69) is 9.97 Å². The van der Waals surface area contributed by atoms with E-state index in [0.29, 0.717) is 21.6 Å². The van der Waals surface area contributed by atoms with Gasteiger partial charge in [-0.2, -0.15) is 13.2 Å². The molecular formula is C23H24F3N5O5S. The Morgan fingerprint density at radius 3 is 2.54 bits per heavy atom. The summed E-state index contributed by atoms with van der Waals surface area (Å²) in [6.07, 6.45) is -2.78. The molecule has 37 heavy (non-hydrogen) atoms. The van der Waals surface area contributed by atoms with Crippen LogP contribution in [0.15, 0.2) is 29.6 Å². The molecule has 14 heteroatoms. The maximum Gasteiger partial charge on any atom is 0.471 e. The fourth-order valence-corrected chi connectivity index (χ4v) is 5.72. The van der Waals surface area contributed by atoms with Gasteiger partial charge >= 0.3 is 18.1 Å². The summed E-state index contributed by atoms with van der Waals surface area (Å²) >= 11 is 0. The first kappa shape index (κ1) is 25.4. The number of aryl methyl sites for hydroxylation is 1. The highest BCUT2D eigenvalue weighted by Crippen LogP contribution is 2.45. The van der Waals surface area contributed by atoms with Crippen LogP contribution in [0.5, 0.6) is 0 Å². The minimum atomic E-state index is -5.05. The molecule has 2 aliphatic heterocycles. The Kier molecular flexibility index (Phi) is 5.94. The number of anilines is 2. The monoisotopic (exact) mass is 539 g/mol. The van der Waals surface area contributed by atoms with Crippen molar-refractivity contribution in [2.45, 2.75) is 62.3 Å². The van der Waals surface area contributed by atoms with Crippen molar-refractivity contribution in [3.05, 3.63) is 41.1 Å². The molecule has 3 aliphatic rings. The lowest BCUT2D eigenvalue weighted by atomic mass is 9.87. The van der Waals surface area contributed by atoms with Gasteiger partial charge in [-0.1, -0.05) is 18.2 Å². The number of amides is 3. The Bertz CT molecular complexity index is 1390. The lowest BCUT2D eigenvalue weighted by Gasteiger charge is -2.48. The SMILES string of the molecule is Cc1cccc2c1N(C(=O)C(F)(F)F)CC[C@@H]2N1Cc2cnc(S(C)(=O)=O)nc2N(C2CC(O)C2)C1=O. The maximum atomic E-state index is 13.9. The minimum absolute atomic E-state index is 0.00471.